The van der Waals surface area contributed by atoms with Crippen molar-refractivity contribution in [2.24, 2.45) is 17.8 Å². The van der Waals surface area contributed by atoms with Crippen molar-refractivity contribution in [1.82, 2.24) is 15.5 Å². The summed E-state index contributed by atoms with van der Waals surface area (Å²) in [5, 5.41) is 15.4. The Morgan fingerprint density at radius 2 is 1.81 bits per heavy atom. The van der Waals surface area contributed by atoms with E-state index in [1.807, 2.05) is 13.8 Å². The van der Waals surface area contributed by atoms with Gasteiger partial charge in [0, 0.05) is 25.7 Å². The number of carboxylic acid groups (broad SMARTS) is 1. The number of nitrogens with one attached hydrogen (secondary N) is 2. The zero-order valence-electron chi connectivity index (χ0n) is 16.0. The van der Waals surface area contributed by atoms with Gasteiger partial charge in [-0.1, -0.05) is 33.1 Å². The Balaban J connectivity index is 1.91. The summed E-state index contributed by atoms with van der Waals surface area (Å²) < 4.78 is 0. The summed E-state index contributed by atoms with van der Waals surface area (Å²) in [5.74, 6) is -1.31. The van der Waals surface area contributed by atoms with Gasteiger partial charge in [0.15, 0.2) is 0 Å². The van der Waals surface area contributed by atoms with Crippen molar-refractivity contribution in [2.75, 3.05) is 19.6 Å². The van der Waals surface area contributed by atoms with Gasteiger partial charge in [-0.2, -0.15) is 0 Å². The quantitative estimate of drug-likeness (QED) is 0.649. The van der Waals surface area contributed by atoms with Gasteiger partial charge in [0.25, 0.3) is 0 Å². The van der Waals surface area contributed by atoms with E-state index in [1.54, 1.807) is 4.90 Å². The Kier molecular flexibility index (Phi) is 7.72. The number of nitrogens with zero attached hydrogens (tertiary/aromatic N) is 1. The minimum Gasteiger partial charge on any atom is -0.481 e. The van der Waals surface area contributed by atoms with E-state index in [-0.39, 0.29) is 23.9 Å². The monoisotopic (exact) mass is 367 g/mol. The van der Waals surface area contributed by atoms with E-state index < -0.39 is 11.9 Å². The molecule has 3 atom stereocenters. The standard InChI is InChI=1S/C19H33N3O4/c1-13(2)11-20-19(26)22-10-6-7-14(12-22)17(23)21-16-9-5-3-4-8-15(16)18(24)25/h13-16H,3-12H2,1-2H3,(H,20,26)(H,21,23)(H,24,25)/t14?,15-,16+/m1/s1. The largest absolute Gasteiger partial charge is 0.481 e. The first-order valence-electron chi connectivity index (χ1n) is 9.94. The van der Waals surface area contributed by atoms with Crippen LogP contribution in [0, 0.1) is 17.8 Å². The van der Waals surface area contributed by atoms with Crippen LogP contribution >= 0.6 is 0 Å². The zero-order valence-corrected chi connectivity index (χ0v) is 16.0. The Labute approximate surface area is 155 Å². The summed E-state index contributed by atoms with van der Waals surface area (Å²) in [5.41, 5.74) is 0. The van der Waals surface area contributed by atoms with Crippen molar-refractivity contribution in [3.8, 4) is 0 Å². The minimum atomic E-state index is -0.824. The van der Waals surface area contributed by atoms with Gasteiger partial charge in [0.2, 0.25) is 5.91 Å². The molecule has 2 rings (SSSR count). The van der Waals surface area contributed by atoms with Crippen LogP contribution < -0.4 is 10.6 Å². The van der Waals surface area contributed by atoms with E-state index >= 15 is 0 Å². The van der Waals surface area contributed by atoms with Crippen molar-refractivity contribution >= 4 is 17.9 Å². The van der Waals surface area contributed by atoms with Crippen molar-refractivity contribution in [2.45, 2.75) is 64.8 Å². The fourth-order valence-corrected chi connectivity index (χ4v) is 3.86. The van der Waals surface area contributed by atoms with Crippen molar-refractivity contribution in [3.63, 3.8) is 0 Å². The molecule has 7 nitrogen and oxygen atoms in total. The topological polar surface area (TPSA) is 98.7 Å². The molecule has 1 aliphatic carbocycles. The first kappa shape index (κ1) is 20.5. The maximum atomic E-state index is 12.7. The molecule has 26 heavy (non-hydrogen) atoms. The Bertz CT molecular complexity index is 509. The molecule has 0 aromatic rings. The number of rotatable bonds is 5. The average molecular weight is 367 g/mol. The van der Waals surface area contributed by atoms with E-state index in [9.17, 15) is 19.5 Å². The van der Waals surface area contributed by atoms with Gasteiger partial charge in [0.1, 0.15) is 0 Å². The van der Waals surface area contributed by atoms with Crippen LogP contribution in [-0.2, 0) is 9.59 Å². The molecule has 7 heteroatoms. The molecule has 1 aliphatic heterocycles. The molecule has 0 aromatic carbocycles. The van der Waals surface area contributed by atoms with Crippen LogP contribution in [0.15, 0.2) is 0 Å². The molecular weight excluding hydrogens is 334 g/mol. The summed E-state index contributed by atoms with van der Waals surface area (Å²) in [4.78, 5) is 38.2. The highest BCUT2D eigenvalue weighted by molar-refractivity contribution is 5.82. The lowest BCUT2D eigenvalue weighted by Crippen LogP contribution is -2.52. The minimum absolute atomic E-state index is 0.107. The lowest BCUT2D eigenvalue weighted by molar-refractivity contribution is -0.143. The van der Waals surface area contributed by atoms with Crippen LogP contribution in [-0.4, -0.2) is 53.6 Å². The Morgan fingerprint density at radius 3 is 2.50 bits per heavy atom. The average Bonchev–Trinajstić information content (AvgIpc) is 2.85. The van der Waals surface area contributed by atoms with Crippen LogP contribution in [0.2, 0.25) is 0 Å². The first-order valence-corrected chi connectivity index (χ1v) is 9.94. The van der Waals surface area contributed by atoms with Gasteiger partial charge < -0.3 is 20.6 Å². The molecule has 0 aromatic heterocycles. The van der Waals surface area contributed by atoms with Crippen LogP contribution in [0.25, 0.3) is 0 Å². The summed E-state index contributed by atoms with van der Waals surface area (Å²) in [6.45, 7) is 5.76. The molecule has 1 heterocycles. The van der Waals surface area contributed by atoms with Gasteiger partial charge >= 0.3 is 12.0 Å². The molecule has 148 valence electrons. The maximum absolute atomic E-state index is 12.7. The van der Waals surface area contributed by atoms with Crippen LogP contribution in [0.1, 0.15) is 58.8 Å². The fraction of sp³-hybridized carbons (Fsp3) is 0.842. The van der Waals surface area contributed by atoms with Crippen LogP contribution in [0.4, 0.5) is 4.79 Å². The maximum Gasteiger partial charge on any atom is 0.317 e. The molecular formula is C19H33N3O4. The van der Waals surface area contributed by atoms with E-state index in [0.717, 1.165) is 32.1 Å². The number of likely N-dealkylation sites (tertiary alicyclic amines) is 1. The number of hydrogen-bond donors (Lipinski definition) is 3. The lowest BCUT2D eigenvalue weighted by atomic mass is 9.92. The number of carbonyl (C=O) groups is 3. The SMILES string of the molecule is CC(C)CNC(=O)N1CCCC(C(=O)N[C@H]2CCCCC[C@H]2C(=O)O)C1. The van der Waals surface area contributed by atoms with Gasteiger partial charge in [-0.05, 0) is 31.6 Å². The summed E-state index contributed by atoms with van der Waals surface area (Å²) in [7, 11) is 0. The molecule has 1 saturated heterocycles. The molecule has 0 bridgehead atoms. The third kappa shape index (κ3) is 5.88. The predicted octanol–water partition coefficient (Wildman–Crippen LogP) is 2.21. The number of amides is 3. The molecule has 0 radical (unpaired) electrons. The number of aliphatic carboxylic acids is 1. The van der Waals surface area contributed by atoms with E-state index in [1.165, 1.54) is 0 Å². The molecule has 0 spiro atoms. The molecule has 1 saturated carbocycles. The third-order valence-electron chi connectivity index (χ3n) is 5.40. The van der Waals surface area contributed by atoms with E-state index in [0.29, 0.717) is 38.4 Å². The summed E-state index contributed by atoms with van der Waals surface area (Å²) in [6.07, 6.45) is 5.73. The molecule has 3 amide bonds. The van der Waals surface area contributed by atoms with Crippen LogP contribution in [0.3, 0.4) is 0 Å². The molecule has 3 N–H and O–H groups in total. The van der Waals surface area contributed by atoms with Gasteiger partial charge in [-0.25, -0.2) is 4.79 Å². The number of carboxylic acids is 1. The lowest BCUT2D eigenvalue weighted by Gasteiger charge is -2.33. The molecule has 1 unspecified atom stereocenters. The predicted molar refractivity (Wildman–Crippen MR) is 98.7 cm³/mol. The number of carbonyl (C=O) groups excluding carboxylic acids is 2. The molecule has 2 aliphatic rings. The first-order chi connectivity index (χ1) is 12.4. The zero-order chi connectivity index (χ0) is 19.1. The smallest absolute Gasteiger partial charge is 0.317 e. The van der Waals surface area contributed by atoms with E-state index in [4.69, 9.17) is 0 Å². The number of piperidine rings is 1. The summed E-state index contributed by atoms with van der Waals surface area (Å²) >= 11 is 0. The fourth-order valence-electron chi connectivity index (χ4n) is 3.86. The second kappa shape index (κ2) is 9.78. The highest BCUT2D eigenvalue weighted by atomic mass is 16.4. The van der Waals surface area contributed by atoms with Crippen molar-refractivity contribution in [3.05, 3.63) is 0 Å². The van der Waals surface area contributed by atoms with Gasteiger partial charge in [-0.15, -0.1) is 0 Å². The van der Waals surface area contributed by atoms with Gasteiger partial charge in [0.05, 0.1) is 11.8 Å². The second-order valence-electron chi connectivity index (χ2n) is 8.06. The van der Waals surface area contributed by atoms with E-state index in [2.05, 4.69) is 10.6 Å². The highest BCUT2D eigenvalue weighted by Crippen LogP contribution is 2.25. The normalized spacial score (nSPS) is 26.9. The van der Waals surface area contributed by atoms with Crippen LogP contribution in [0.5, 0.6) is 0 Å². The highest BCUT2D eigenvalue weighted by Gasteiger charge is 2.34. The van der Waals surface area contributed by atoms with Crippen molar-refractivity contribution < 1.29 is 19.5 Å². The third-order valence-corrected chi connectivity index (χ3v) is 5.40. The Morgan fingerprint density at radius 1 is 1.08 bits per heavy atom. The summed E-state index contributed by atoms with van der Waals surface area (Å²) in [6, 6.07) is -0.415. The van der Waals surface area contributed by atoms with Crippen molar-refractivity contribution in [1.29, 1.82) is 0 Å². The number of hydrogen-bond acceptors (Lipinski definition) is 3. The Hall–Kier alpha value is -1.79. The number of urea groups is 1. The molecule has 2 fully saturated rings. The second-order valence-corrected chi connectivity index (χ2v) is 8.06. The van der Waals surface area contributed by atoms with Gasteiger partial charge in [-0.3, -0.25) is 9.59 Å².